The lowest BCUT2D eigenvalue weighted by Gasteiger charge is -2.26. The molecule has 1 heterocycles. The van der Waals surface area contributed by atoms with E-state index >= 15 is 0 Å². The van der Waals surface area contributed by atoms with Gasteiger partial charge >= 0.3 is 5.97 Å². The molecule has 5 rings (SSSR count). The van der Waals surface area contributed by atoms with E-state index in [9.17, 15) is 34.2 Å². The van der Waals surface area contributed by atoms with Crippen LogP contribution in [0, 0.1) is 0 Å². The molecule has 0 radical (unpaired) electrons. The minimum Gasteiger partial charge on any atom is -0.508 e. The van der Waals surface area contributed by atoms with Crippen molar-refractivity contribution in [2.75, 3.05) is 49.8 Å². The zero-order chi connectivity index (χ0) is 35.5. The summed E-state index contributed by atoms with van der Waals surface area (Å²) in [6, 6.07) is 20.7. The predicted molar refractivity (Wildman–Crippen MR) is 177 cm³/mol. The molecule has 15 heteroatoms. The molecule has 1 aliphatic heterocycles. The van der Waals surface area contributed by atoms with Crippen molar-refractivity contribution in [2.45, 2.75) is 0 Å². The molecule has 2 N–H and O–H groups in total. The normalized spacial score (nSPS) is 10.6. The van der Waals surface area contributed by atoms with Gasteiger partial charge in [-0.05, 0) is 54.1 Å². The molecule has 0 saturated heterocycles. The van der Waals surface area contributed by atoms with Gasteiger partial charge in [-0.15, -0.1) is 0 Å². The molecule has 50 heavy (non-hydrogen) atoms. The molecule has 258 valence electrons. The van der Waals surface area contributed by atoms with Gasteiger partial charge in [0, 0.05) is 28.6 Å². The van der Waals surface area contributed by atoms with E-state index in [1.165, 1.54) is 34.1 Å². The number of aliphatic carboxylic acids is 1. The van der Waals surface area contributed by atoms with Crippen LogP contribution in [0.5, 0.6) is 17.2 Å². The first-order valence-corrected chi connectivity index (χ1v) is 14.9. The standard InChI is InChI=1S/C35H30N2O13/c38-20-45-17-36(16-34(43)44)28-3-1-2-4-30(28)48-11-12-49-31-10-5-23(13-29(31)37(18-46-21-39)19-47-22-40)35-26-8-6-24(41)14-32(26)50-33-15-25(42)7-9-27(33)35/h1-10,13-15,20-22,41H,11-12,16-19H2,(H,43,44). The maximum absolute atomic E-state index is 12.2. The number of carbonyl (C=O) groups is 4. The number of phenols is 1. The maximum atomic E-state index is 12.2. The number of ether oxygens (including phenoxy) is 5. The third-order valence-electron chi connectivity index (χ3n) is 7.29. The molecular weight excluding hydrogens is 656 g/mol. The van der Waals surface area contributed by atoms with Gasteiger partial charge in [-0.2, -0.15) is 0 Å². The SMILES string of the molecule is O=COCN(COC=O)c1cc(-c2c3ccc(=O)cc-3oc3cc(O)ccc23)ccc1OCCOc1ccccc1N(COC=O)CC(=O)O. The first kappa shape index (κ1) is 34.6. The summed E-state index contributed by atoms with van der Waals surface area (Å²) in [4.78, 5) is 59.4. The van der Waals surface area contributed by atoms with Crippen LogP contribution in [0.15, 0.2) is 88.1 Å². The highest BCUT2D eigenvalue weighted by Crippen LogP contribution is 2.43. The Kier molecular flexibility index (Phi) is 11.3. The predicted octanol–water partition coefficient (Wildman–Crippen LogP) is 3.82. The number of nitrogens with zero attached hydrogens (tertiary/aromatic N) is 2. The lowest BCUT2D eigenvalue weighted by Crippen LogP contribution is -2.32. The van der Waals surface area contributed by atoms with Crippen molar-refractivity contribution in [3.05, 3.63) is 89.1 Å². The average Bonchev–Trinajstić information content (AvgIpc) is 3.11. The fourth-order valence-corrected chi connectivity index (χ4v) is 5.26. The van der Waals surface area contributed by atoms with Gasteiger partial charge in [-0.25, -0.2) is 0 Å². The smallest absolute Gasteiger partial charge is 0.323 e. The van der Waals surface area contributed by atoms with E-state index in [0.29, 0.717) is 44.8 Å². The zero-order valence-corrected chi connectivity index (χ0v) is 26.3. The first-order chi connectivity index (χ1) is 24.3. The molecular formula is C35H30N2O13. The molecule has 15 nitrogen and oxygen atoms in total. The van der Waals surface area contributed by atoms with Gasteiger partial charge < -0.3 is 48.1 Å². The second-order valence-corrected chi connectivity index (χ2v) is 10.5. The number of hydrogen-bond donors (Lipinski definition) is 2. The highest BCUT2D eigenvalue weighted by atomic mass is 16.6. The van der Waals surface area contributed by atoms with Gasteiger partial charge in [0.05, 0.1) is 11.4 Å². The molecule has 2 aliphatic rings. The van der Waals surface area contributed by atoms with Crippen LogP contribution in [0.3, 0.4) is 0 Å². The fourth-order valence-electron chi connectivity index (χ4n) is 5.26. The monoisotopic (exact) mass is 686 g/mol. The number of aromatic hydroxyl groups is 1. The molecule has 0 atom stereocenters. The minimum atomic E-state index is -1.14. The Balaban J connectivity index is 1.49. The molecule has 3 aromatic rings. The van der Waals surface area contributed by atoms with E-state index in [4.69, 9.17) is 28.1 Å². The van der Waals surface area contributed by atoms with Gasteiger partial charge in [0.2, 0.25) is 0 Å². The van der Waals surface area contributed by atoms with Crippen molar-refractivity contribution < 1.29 is 57.5 Å². The molecule has 0 saturated carbocycles. The molecule has 0 fully saturated rings. The molecule has 1 aliphatic carbocycles. The third-order valence-corrected chi connectivity index (χ3v) is 7.29. The number of carbonyl (C=O) groups excluding carboxylic acids is 3. The van der Waals surface area contributed by atoms with Crippen molar-refractivity contribution in [2.24, 2.45) is 0 Å². The Hall–Kier alpha value is -6.77. The Morgan fingerprint density at radius 2 is 1.40 bits per heavy atom. The van der Waals surface area contributed by atoms with Crippen molar-refractivity contribution >= 4 is 47.7 Å². The van der Waals surface area contributed by atoms with Crippen molar-refractivity contribution in [3.8, 4) is 39.7 Å². The number of fused-ring (bicyclic) bond motifs is 2. The summed E-state index contributed by atoms with van der Waals surface area (Å²) in [5, 5.41) is 20.1. The summed E-state index contributed by atoms with van der Waals surface area (Å²) in [7, 11) is 0. The average molecular weight is 687 g/mol. The number of carboxylic acids is 1. The van der Waals surface area contributed by atoms with Gasteiger partial charge in [0.1, 0.15) is 48.4 Å². The summed E-state index contributed by atoms with van der Waals surface area (Å²) in [6.45, 7) is -0.754. The van der Waals surface area contributed by atoms with E-state index in [-0.39, 0.29) is 75.5 Å². The Bertz CT molecular complexity index is 2000. The van der Waals surface area contributed by atoms with Gasteiger partial charge in [-0.3, -0.25) is 24.0 Å². The largest absolute Gasteiger partial charge is 0.508 e. The lowest BCUT2D eigenvalue weighted by molar-refractivity contribution is -0.136. The van der Waals surface area contributed by atoms with Crippen molar-refractivity contribution in [3.63, 3.8) is 0 Å². The second kappa shape index (κ2) is 16.4. The fraction of sp³-hybridized carbons (Fsp3) is 0.171. The third kappa shape index (κ3) is 8.20. The van der Waals surface area contributed by atoms with Crippen LogP contribution in [-0.2, 0) is 33.4 Å². The van der Waals surface area contributed by atoms with Crippen LogP contribution >= 0.6 is 0 Å². The number of hydrogen-bond acceptors (Lipinski definition) is 14. The van der Waals surface area contributed by atoms with E-state index < -0.39 is 12.5 Å². The van der Waals surface area contributed by atoms with Crippen LogP contribution in [0.4, 0.5) is 11.4 Å². The van der Waals surface area contributed by atoms with Crippen LogP contribution in [0.25, 0.3) is 33.4 Å². The number of para-hydroxylation sites is 2. The molecule has 0 aromatic heterocycles. The van der Waals surface area contributed by atoms with Crippen molar-refractivity contribution in [1.82, 2.24) is 0 Å². The van der Waals surface area contributed by atoms with Crippen LogP contribution in [0.2, 0.25) is 0 Å². The molecule has 0 bridgehead atoms. The van der Waals surface area contributed by atoms with E-state index in [2.05, 4.69) is 0 Å². The number of rotatable bonds is 19. The zero-order valence-electron chi connectivity index (χ0n) is 26.3. The minimum absolute atomic E-state index is 0.0141. The van der Waals surface area contributed by atoms with Crippen LogP contribution in [0.1, 0.15) is 0 Å². The van der Waals surface area contributed by atoms with E-state index in [0.717, 1.165) is 0 Å². The summed E-state index contributed by atoms with van der Waals surface area (Å²) in [5.74, 6) is -0.297. The molecule has 0 unspecified atom stereocenters. The van der Waals surface area contributed by atoms with Gasteiger partial charge in [0.25, 0.3) is 19.4 Å². The summed E-state index contributed by atoms with van der Waals surface area (Å²) >= 11 is 0. The quantitative estimate of drug-likeness (QED) is 0.0419. The Morgan fingerprint density at radius 3 is 2.08 bits per heavy atom. The van der Waals surface area contributed by atoms with Crippen LogP contribution < -0.4 is 24.7 Å². The highest BCUT2D eigenvalue weighted by Gasteiger charge is 2.22. The lowest BCUT2D eigenvalue weighted by atomic mass is 9.93. The number of benzene rings is 4. The van der Waals surface area contributed by atoms with Crippen LogP contribution in [-0.4, -0.2) is 75.5 Å². The number of carboxylic acid groups (broad SMARTS) is 1. The molecule has 0 spiro atoms. The Labute approximate surface area is 283 Å². The maximum Gasteiger partial charge on any atom is 0.323 e. The van der Waals surface area contributed by atoms with E-state index in [1.54, 1.807) is 54.6 Å². The Morgan fingerprint density at radius 1 is 0.740 bits per heavy atom. The van der Waals surface area contributed by atoms with E-state index in [1.807, 2.05) is 0 Å². The highest BCUT2D eigenvalue weighted by molar-refractivity contribution is 6.02. The van der Waals surface area contributed by atoms with Gasteiger partial charge in [0.15, 0.2) is 25.6 Å². The van der Waals surface area contributed by atoms with Crippen molar-refractivity contribution in [1.29, 1.82) is 0 Å². The number of anilines is 2. The second-order valence-electron chi connectivity index (χ2n) is 10.5. The summed E-state index contributed by atoms with van der Waals surface area (Å²) in [6.07, 6.45) is 0. The topological polar surface area (TPSA) is 192 Å². The molecule has 0 amide bonds. The summed E-state index contributed by atoms with van der Waals surface area (Å²) in [5.41, 5.74) is 2.65. The molecule has 3 aromatic carbocycles. The summed E-state index contributed by atoms with van der Waals surface area (Å²) < 4.78 is 32.8. The van der Waals surface area contributed by atoms with Gasteiger partial charge in [-0.1, -0.05) is 18.2 Å². The number of phenolic OH excluding ortho intramolecular Hbond substituents is 1. The first-order valence-electron chi connectivity index (χ1n) is 14.9.